The molecule has 3 rings (SSSR count). The third kappa shape index (κ3) is 6.13. The van der Waals surface area contributed by atoms with Crippen LogP contribution in [0.3, 0.4) is 0 Å². The van der Waals surface area contributed by atoms with E-state index >= 15 is 0 Å². The molecular formula is C21H38O14. The molecule has 0 aromatic carbocycles. The SMILES string of the molecule is CCCO[C@@H]1OC(C)[C@H](O)C(O)C1O[C@@H]1OC(C)[C@H](O)C(O[C@H]2OC(CO)[C@@H](O)C(O)C2O)C1O. The van der Waals surface area contributed by atoms with Gasteiger partial charge in [-0.3, -0.25) is 0 Å². The van der Waals surface area contributed by atoms with Gasteiger partial charge in [-0.1, -0.05) is 6.92 Å². The number of aliphatic hydroxyl groups excluding tert-OH is 8. The van der Waals surface area contributed by atoms with Gasteiger partial charge in [-0.15, -0.1) is 0 Å². The zero-order valence-electron chi connectivity index (χ0n) is 19.8. The van der Waals surface area contributed by atoms with E-state index in [0.29, 0.717) is 6.42 Å². The summed E-state index contributed by atoms with van der Waals surface area (Å²) in [6, 6.07) is 0. The van der Waals surface area contributed by atoms with E-state index in [1.807, 2.05) is 6.92 Å². The fourth-order valence-corrected chi connectivity index (χ4v) is 4.27. The van der Waals surface area contributed by atoms with Crippen molar-refractivity contribution in [3.05, 3.63) is 0 Å². The van der Waals surface area contributed by atoms with Crippen molar-refractivity contribution in [2.75, 3.05) is 13.2 Å². The largest absolute Gasteiger partial charge is 0.394 e. The third-order valence-electron chi connectivity index (χ3n) is 6.48. The predicted molar refractivity (Wildman–Crippen MR) is 112 cm³/mol. The molecule has 3 fully saturated rings. The van der Waals surface area contributed by atoms with Crippen molar-refractivity contribution in [3.63, 3.8) is 0 Å². The van der Waals surface area contributed by atoms with Crippen LogP contribution in [-0.4, -0.2) is 146 Å². The first-order valence-corrected chi connectivity index (χ1v) is 11.8. The van der Waals surface area contributed by atoms with E-state index < -0.39 is 98.7 Å². The Morgan fingerprint density at radius 3 is 1.80 bits per heavy atom. The Labute approximate surface area is 202 Å². The summed E-state index contributed by atoms with van der Waals surface area (Å²) in [5, 5.41) is 81.9. The number of ether oxygens (including phenoxy) is 6. The summed E-state index contributed by atoms with van der Waals surface area (Å²) in [5.74, 6) is 0. The van der Waals surface area contributed by atoms with Crippen LogP contribution in [0.4, 0.5) is 0 Å². The monoisotopic (exact) mass is 514 g/mol. The highest BCUT2D eigenvalue weighted by atomic mass is 16.8. The van der Waals surface area contributed by atoms with E-state index in [9.17, 15) is 40.9 Å². The second kappa shape index (κ2) is 12.3. The maximum atomic E-state index is 10.9. The van der Waals surface area contributed by atoms with Gasteiger partial charge in [0, 0.05) is 6.61 Å². The van der Waals surface area contributed by atoms with Gasteiger partial charge >= 0.3 is 0 Å². The van der Waals surface area contributed by atoms with E-state index in [0.717, 1.165) is 0 Å². The molecule has 3 aliphatic heterocycles. The van der Waals surface area contributed by atoms with Crippen molar-refractivity contribution >= 4 is 0 Å². The Morgan fingerprint density at radius 2 is 1.17 bits per heavy atom. The molecule has 0 aliphatic carbocycles. The molecule has 14 nitrogen and oxygen atoms in total. The highest BCUT2D eigenvalue weighted by molar-refractivity contribution is 4.95. The van der Waals surface area contributed by atoms with Crippen molar-refractivity contribution in [1.82, 2.24) is 0 Å². The molecule has 15 atom stereocenters. The van der Waals surface area contributed by atoms with Crippen molar-refractivity contribution < 1.29 is 69.3 Å². The first-order chi connectivity index (χ1) is 16.5. The van der Waals surface area contributed by atoms with Crippen LogP contribution >= 0.6 is 0 Å². The van der Waals surface area contributed by atoms with Gasteiger partial charge in [0.05, 0.1) is 18.8 Å². The highest BCUT2D eigenvalue weighted by Gasteiger charge is 2.52. The second-order valence-corrected chi connectivity index (χ2v) is 9.15. The standard InChI is InChI=1S/C21H38O14/c1-4-5-30-21-18(14(27)10(23)7(2)32-21)35-20-16(29)17(11(24)8(3)31-20)34-19-15(28)13(26)12(25)9(6-22)33-19/h7-29H,4-6H2,1-3H3/t7?,8?,9?,10-,11-,12+,13?,14?,15?,16?,17?,18?,19+,20-,21+/m0/s1. The topological polar surface area (TPSA) is 217 Å². The van der Waals surface area contributed by atoms with E-state index in [2.05, 4.69) is 0 Å². The van der Waals surface area contributed by atoms with Gasteiger partial charge in [0.25, 0.3) is 0 Å². The Balaban J connectivity index is 1.75. The lowest BCUT2D eigenvalue weighted by Gasteiger charge is -2.47. The molecule has 0 saturated carbocycles. The van der Waals surface area contributed by atoms with Crippen LogP contribution in [0.15, 0.2) is 0 Å². The zero-order valence-corrected chi connectivity index (χ0v) is 19.8. The van der Waals surface area contributed by atoms with Crippen LogP contribution in [0.1, 0.15) is 27.2 Å². The Hall–Kier alpha value is -0.560. The van der Waals surface area contributed by atoms with Crippen LogP contribution in [0, 0.1) is 0 Å². The van der Waals surface area contributed by atoms with Gasteiger partial charge in [0.1, 0.15) is 61.0 Å². The molecule has 14 heteroatoms. The maximum Gasteiger partial charge on any atom is 0.187 e. The van der Waals surface area contributed by atoms with E-state index in [1.54, 1.807) is 6.92 Å². The molecule has 35 heavy (non-hydrogen) atoms. The van der Waals surface area contributed by atoms with Crippen LogP contribution in [-0.2, 0) is 28.4 Å². The fraction of sp³-hybridized carbons (Fsp3) is 1.00. The minimum absolute atomic E-state index is 0.270. The maximum absolute atomic E-state index is 10.9. The van der Waals surface area contributed by atoms with Crippen molar-refractivity contribution in [1.29, 1.82) is 0 Å². The van der Waals surface area contributed by atoms with Crippen LogP contribution in [0.25, 0.3) is 0 Å². The smallest absolute Gasteiger partial charge is 0.187 e. The average Bonchev–Trinajstić information content (AvgIpc) is 2.83. The number of hydrogen-bond acceptors (Lipinski definition) is 14. The Bertz CT molecular complexity index is 654. The first-order valence-electron chi connectivity index (χ1n) is 11.8. The highest BCUT2D eigenvalue weighted by Crippen LogP contribution is 2.32. The normalized spacial score (nSPS) is 51.3. The molecule has 3 saturated heterocycles. The molecule has 0 bridgehead atoms. The molecule has 0 aromatic heterocycles. The van der Waals surface area contributed by atoms with E-state index in [1.165, 1.54) is 6.92 Å². The lowest BCUT2D eigenvalue weighted by atomic mass is 9.96. The average molecular weight is 515 g/mol. The molecule has 0 amide bonds. The summed E-state index contributed by atoms with van der Waals surface area (Å²) < 4.78 is 33.4. The van der Waals surface area contributed by atoms with Gasteiger partial charge in [0.2, 0.25) is 0 Å². The van der Waals surface area contributed by atoms with Crippen LogP contribution in [0.5, 0.6) is 0 Å². The minimum atomic E-state index is -1.76. The summed E-state index contributed by atoms with van der Waals surface area (Å²) in [5.41, 5.74) is 0. The second-order valence-electron chi connectivity index (χ2n) is 9.15. The summed E-state index contributed by atoms with van der Waals surface area (Å²) in [6.45, 7) is 4.47. The van der Waals surface area contributed by atoms with Gasteiger partial charge in [0.15, 0.2) is 18.9 Å². The molecule has 0 aromatic rings. The molecule has 0 radical (unpaired) electrons. The summed E-state index contributed by atoms with van der Waals surface area (Å²) in [4.78, 5) is 0. The fourth-order valence-electron chi connectivity index (χ4n) is 4.27. The molecule has 9 unspecified atom stereocenters. The number of hydrogen-bond donors (Lipinski definition) is 8. The van der Waals surface area contributed by atoms with E-state index in [-0.39, 0.29) is 6.61 Å². The van der Waals surface area contributed by atoms with Gasteiger partial charge in [-0.05, 0) is 20.3 Å². The van der Waals surface area contributed by atoms with E-state index in [4.69, 9.17) is 28.4 Å². The Kier molecular flexibility index (Phi) is 10.2. The van der Waals surface area contributed by atoms with Crippen molar-refractivity contribution in [2.45, 2.75) is 119 Å². The lowest BCUT2D eigenvalue weighted by molar-refractivity contribution is -0.381. The summed E-state index contributed by atoms with van der Waals surface area (Å²) in [7, 11) is 0. The lowest BCUT2D eigenvalue weighted by Crippen LogP contribution is -2.65. The number of rotatable bonds is 8. The van der Waals surface area contributed by atoms with Gasteiger partial charge < -0.3 is 69.3 Å². The Morgan fingerprint density at radius 1 is 0.600 bits per heavy atom. The van der Waals surface area contributed by atoms with Crippen molar-refractivity contribution in [3.8, 4) is 0 Å². The molecule has 8 N–H and O–H groups in total. The molecule has 3 heterocycles. The van der Waals surface area contributed by atoms with Crippen LogP contribution in [0.2, 0.25) is 0 Å². The summed E-state index contributed by atoms with van der Waals surface area (Å²) >= 11 is 0. The van der Waals surface area contributed by atoms with Crippen LogP contribution < -0.4 is 0 Å². The van der Waals surface area contributed by atoms with Crippen molar-refractivity contribution in [2.24, 2.45) is 0 Å². The molecular weight excluding hydrogens is 476 g/mol. The van der Waals surface area contributed by atoms with Gasteiger partial charge in [-0.25, -0.2) is 0 Å². The predicted octanol–water partition coefficient (Wildman–Crippen LogP) is -4.08. The molecule has 0 spiro atoms. The van der Waals surface area contributed by atoms with Gasteiger partial charge in [-0.2, -0.15) is 0 Å². The molecule has 3 aliphatic rings. The molecule has 206 valence electrons. The number of aliphatic hydroxyl groups is 8. The summed E-state index contributed by atoms with van der Waals surface area (Å²) in [6.07, 6.45) is -20.3. The quantitative estimate of drug-likeness (QED) is 0.155. The first kappa shape index (κ1) is 29.0. The minimum Gasteiger partial charge on any atom is -0.394 e. The third-order valence-corrected chi connectivity index (χ3v) is 6.48. The zero-order chi connectivity index (χ0) is 26.0.